The normalized spacial score (nSPS) is 12.0. The molecule has 2 rings (SSSR count). The van der Waals surface area contributed by atoms with E-state index in [1.54, 1.807) is 0 Å². The molecular formula is C19H24N2O2. The molecule has 0 aliphatic rings. The van der Waals surface area contributed by atoms with E-state index in [9.17, 15) is 4.79 Å². The van der Waals surface area contributed by atoms with Gasteiger partial charge in [0.05, 0.1) is 6.61 Å². The fraction of sp³-hybridized carbons (Fsp3) is 0.316. The van der Waals surface area contributed by atoms with Crippen LogP contribution < -0.4 is 15.8 Å². The first-order chi connectivity index (χ1) is 11.1. The summed E-state index contributed by atoms with van der Waals surface area (Å²) >= 11 is 0. The van der Waals surface area contributed by atoms with Crippen LogP contribution in [0, 0.1) is 5.92 Å². The molecule has 0 radical (unpaired) electrons. The second kappa shape index (κ2) is 8.34. The third-order valence-corrected chi connectivity index (χ3v) is 3.44. The Bertz CT molecular complexity index is 626. The molecule has 1 unspecified atom stereocenters. The molecule has 0 bridgehead atoms. The zero-order chi connectivity index (χ0) is 16.7. The highest BCUT2D eigenvalue weighted by Gasteiger charge is 2.15. The van der Waals surface area contributed by atoms with E-state index in [0.717, 1.165) is 16.9 Å². The Labute approximate surface area is 137 Å². The number of hydrogen-bond donors (Lipinski definition) is 2. The molecule has 0 fully saturated rings. The third-order valence-electron chi connectivity index (χ3n) is 3.44. The summed E-state index contributed by atoms with van der Waals surface area (Å²) in [5, 5.41) is 2.88. The van der Waals surface area contributed by atoms with Crippen LogP contribution in [-0.2, 0) is 11.3 Å². The van der Waals surface area contributed by atoms with E-state index in [1.165, 1.54) is 0 Å². The summed E-state index contributed by atoms with van der Waals surface area (Å²) in [5.41, 5.74) is 7.74. The molecule has 0 saturated heterocycles. The van der Waals surface area contributed by atoms with E-state index in [0.29, 0.717) is 19.1 Å². The van der Waals surface area contributed by atoms with Gasteiger partial charge in [-0.25, -0.2) is 0 Å². The molecule has 4 heteroatoms. The predicted molar refractivity (Wildman–Crippen MR) is 92.0 cm³/mol. The quantitative estimate of drug-likeness (QED) is 0.826. The lowest BCUT2D eigenvalue weighted by atomic mass is 10.1. The standard InChI is InChI=1S/C19H24N2O2/c1-14(2)13-23-17-11-7-6-10-16(17)12-21-19(22)18(20)15-8-4-3-5-9-15/h3-11,14,18H,12-13,20H2,1-2H3,(H,21,22). The van der Waals surface area contributed by atoms with Crippen molar-refractivity contribution in [1.82, 2.24) is 5.32 Å². The van der Waals surface area contributed by atoms with E-state index in [4.69, 9.17) is 10.5 Å². The van der Waals surface area contributed by atoms with Crippen LogP contribution in [0.25, 0.3) is 0 Å². The molecule has 1 atom stereocenters. The smallest absolute Gasteiger partial charge is 0.241 e. The van der Waals surface area contributed by atoms with Crippen LogP contribution in [0.1, 0.15) is 31.0 Å². The van der Waals surface area contributed by atoms with E-state index in [1.807, 2.05) is 54.6 Å². The van der Waals surface area contributed by atoms with Gasteiger partial charge in [0.25, 0.3) is 0 Å². The number of amides is 1. The number of carbonyl (C=O) groups excluding carboxylic acids is 1. The first-order valence-corrected chi connectivity index (χ1v) is 7.87. The van der Waals surface area contributed by atoms with Gasteiger partial charge in [-0.2, -0.15) is 0 Å². The highest BCUT2D eigenvalue weighted by atomic mass is 16.5. The topological polar surface area (TPSA) is 64.3 Å². The summed E-state index contributed by atoms with van der Waals surface area (Å²) in [6, 6.07) is 16.4. The number of hydrogen-bond acceptors (Lipinski definition) is 3. The summed E-state index contributed by atoms with van der Waals surface area (Å²) in [5.74, 6) is 1.05. The fourth-order valence-corrected chi connectivity index (χ4v) is 2.15. The van der Waals surface area contributed by atoms with Crippen molar-refractivity contribution in [2.24, 2.45) is 11.7 Å². The summed E-state index contributed by atoms with van der Waals surface area (Å²) in [4.78, 5) is 12.2. The van der Waals surface area contributed by atoms with Crippen molar-refractivity contribution in [1.29, 1.82) is 0 Å². The van der Waals surface area contributed by atoms with E-state index in [2.05, 4.69) is 19.2 Å². The summed E-state index contributed by atoms with van der Waals surface area (Å²) < 4.78 is 5.79. The largest absolute Gasteiger partial charge is 0.493 e. The van der Waals surface area contributed by atoms with Crippen LogP contribution in [0.2, 0.25) is 0 Å². The minimum absolute atomic E-state index is 0.199. The van der Waals surface area contributed by atoms with Crippen molar-refractivity contribution in [3.63, 3.8) is 0 Å². The Morgan fingerprint density at radius 2 is 1.74 bits per heavy atom. The van der Waals surface area contributed by atoms with Crippen molar-refractivity contribution in [3.05, 3.63) is 65.7 Å². The van der Waals surface area contributed by atoms with Gasteiger partial charge in [-0.05, 0) is 17.5 Å². The van der Waals surface area contributed by atoms with Gasteiger partial charge in [-0.15, -0.1) is 0 Å². The highest BCUT2D eigenvalue weighted by molar-refractivity contribution is 5.82. The SMILES string of the molecule is CC(C)COc1ccccc1CNC(=O)C(N)c1ccccc1. The average Bonchev–Trinajstić information content (AvgIpc) is 2.58. The second-order valence-corrected chi connectivity index (χ2v) is 5.92. The van der Waals surface area contributed by atoms with Gasteiger partial charge in [0, 0.05) is 12.1 Å². The Morgan fingerprint density at radius 3 is 2.43 bits per heavy atom. The molecule has 23 heavy (non-hydrogen) atoms. The molecule has 0 spiro atoms. The molecule has 4 nitrogen and oxygen atoms in total. The first kappa shape index (κ1) is 17.0. The van der Waals surface area contributed by atoms with Crippen molar-refractivity contribution in [2.75, 3.05) is 6.61 Å². The summed E-state index contributed by atoms with van der Waals surface area (Å²) in [6.07, 6.45) is 0. The van der Waals surface area contributed by atoms with Crippen molar-refractivity contribution < 1.29 is 9.53 Å². The monoisotopic (exact) mass is 312 g/mol. The van der Waals surface area contributed by atoms with Gasteiger partial charge in [0.15, 0.2) is 0 Å². The van der Waals surface area contributed by atoms with Gasteiger partial charge in [0.2, 0.25) is 5.91 Å². The van der Waals surface area contributed by atoms with Gasteiger partial charge in [-0.1, -0.05) is 62.4 Å². The lowest BCUT2D eigenvalue weighted by Crippen LogP contribution is -2.33. The molecule has 2 aromatic carbocycles. The summed E-state index contributed by atoms with van der Waals surface area (Å²) in [7, 11) is 0. The number of benzene rings is 2. The fourth-order valence-electron chi connectivity index (χ4n) is 2.15. The maximum atomic E-state index is 12.2. The Hall–Kier alpha value is -2.33. The van der Waals surface area contributed by atoms with Crippen LogP contribution in [0.3, 0.4) is 0 Å². The molecule has 3 N–H and O–H groups in total. The molecule has 1 amide bonds. The Morgan fingerprint density at radius 1 is 1.09 bits per heavy atom. The molecule has 0 aliphatic carbocycles. The molecule has 0 saturated carbocycles. The maximum absolute atomic E-state index is 12.2. The lowest BCUT2D eigenvalue weighted by Gasteiger charge is -2.15. The molecular weight excluding hydrogens is 288 g/mol. The number of ether oxygens (including phenoxy) is 1. The van der Waals surface area contributed by atoms with Crippen LogP contribution in [0.15, 0.2) is 54.6 Å². The second-order valence-electron chi connectivity index (χ2n) is 5.92. The van der Waals surface area contributed by atoms with Crippen LogP contribution >= 0.6 is 0 Å². The number of rotatable bonds is 7. The van der Waals surface area contributed by atoms with Crippen LogP contribution in [0.4, 0.5) is 0 Å². The predicted octanol–water partition coefficient (Wildman–Crippen LogP) is 3.04. The van der Waals surface area contributed by atoms with Crippen LogP contribution in [-0.4, -0.2) is 12.5 Å². The van der Waals surface area contributed by atoms with E-state index < -0.39 is 6.04 Å². The Balaban J connectivity index is 1.96. The van der Waals surface area contributed by atoms with Crippen molar-refractivity contribution in [3.8, 4) is 5.75 Å². The number of para-hydroxylation sites is 1. The van der Waals surface area contributed by atoms with Gasteiger partial charge >= 0.3 is 0 Å². The average molecular weight is 312 g/mol. The summed E-state index contributed by atoms with van der Waals surface area (Å²) in [6.45, 7) is 5.24. The molecule has 122 valence electrons. The van der Waals surface area contributed by atoms with Crippen molar-refractivity contribution in [2.45, 2.75) is 26.4 Å². The lowest BCUT2D eigenvalue weighted by molar-refractivity contribution is -0.122. The van der Waals surface area contributed by atoms with Gasteiger partial charge < -0.3 is 15.8 Å². The first-order valence-electron chi connectivity index (χ1n) is 7.87. The molecule has 2 aromatic rings. The van der Waals surface area contributed by atoms with Gasteiger partial charge in [-0.3, -0.25) is 4.79 Å². The molecule has 0 aromatic heterocycles. The maximum Gasteiger partial charge on any atom is 0.241 e. The number of nitrogens with one attached hydrogen (secondary N) is 1. The van der Waals surface area contributed by atoms with Crippen LogP contribution in [0.5, 0.6) is 5.75 Å². The minimum Gasteiger partial charge on any atom is -0.493 e. The zero-order valence-electron chi connectivity index (χ0n) is 13.7. The number of nitrogens with two attached hydrogens (primary N) is 1. The van der Waals surface area contributed by atoms with E-state index >= 15 is 0 Å². The molecule has 0 aliphatic heterocycles. The molecule has 0 heterocycles. The number of carbonyl (C=O) groups is 1. The highest BCUT2D eigenvalue weighted by Crippen LogP contribution is 2.19. The van der Waals surface area contributed by atoms with E-state index in [-0.39, 0.29) is 5.91 Å². The van der Waals surface area contributed by atoms with Crippen molar-refractivity contribution >= 4 is 5.91 Å². The minimum atomic E-state index is -0.667. The van der Waals surface area contributed by atoms with Gasteiger partial charge in [0.1, 0.15) is 11.8 Å². The zero-order valence-corrected chi connectivity index (χ0v) is 13.7. The third kappa shape index (κ3) is 5.11. The Kier molecular flexibility index (Phi) is 6.18.